The summed E-state index contributed by atoms with van der Waals surface area (Å²) in [5.41, 5.74) is 18.0. The van der Waals surface area contributed by atoms with Gasteiger partial charge in [-0.2, -0.15) is 5.26 Å². The van der Waals surface area contributed by atoms with Crippen molar-refractivity contribution in [2.24, 2.45) is 15.7 Å². The van der Waals surface area contributed by atoms with E-state index in [1.165, 1.54) is 48.0 Å². The van der Waals surface area contributed by atoms with Crippen molar-refractivity contribution < 1.29 is 0 Å². The molecule has 2 aliphatic rings. The molecule has 0 saturated carbocycles. The number of amidine groups is 2. The normalized spacial score (nSPS) is 15.5. The van der Waals surface area contributed by atoms with Gasteiger partial charge in [-0.15, -0.1) is 11.3 Å². The van der Waals surface area contributed by atoms with Crippen molar-refractivity contribution in [2.75, 3.05) is 0 Å². The Morgan fingerprint density at radius 2 is 1.50 bits per heavy atom. The zero-order valence-corrected chi connectivity index (χ0v) is 33.4. The average molecular weight is 769 g/mol. The van der Waals surface area contributed by atoms with E-state index in [4.69, 9.17) is 15.7 Å². The smallest absolute Gasteiger partial charge is 0.157 e. The predicted octanol–water partition coefficient (Wildman–Crippen LogP) is 13.3. The topological polar surface area (TPSA) is 74.5 Å². The Labute approximate surface area is 345 Å². The lowest BCUT2D eigenvalue weighted by Gasteiger charge is -2.19. The molecule has 0 radical (unpaired) electrons. The van der Waals surface area contributed by atoms with Gasteiger partial charge in [-0.25, -0.2) is 4.99 Å². The number of aliphatic imine (C=N–C) groups is 2. The summed E-state index contributed by atoms with van der Waals surface area (Å²) < 4.78 is 2.55. The minimum atomic E-state index is 0.209. The molecular formula is C53H44N4S. The molecule has 282 valence electrons. The number of thiophene rings is 1. The highest BCUT2D eigenvalue weighted by Gasteiger charge is 2.22. The molecule has 9 rings (SSSR count). The Morgan fingerprint density at radius 1 is 0.793 bits per heavy atom. The zero-order chi connectivity index (χ0) is 39.7. The summed E-state index contributed by atoms with van der Waals surface area (Å²) >= 11 is 1.86. The molecule has 1 aromatic heterocycles. The molecule has 0 bridgehead atoms. The third kappa shape index (κ3) is 8.74. The summed E-state index contributed by atoms with van der Waals surface area (Å²) in [6.07, 6.45) is 13.2. The van der Waals surface area contributed by atoms with Crippen LogP contribution in [-0.4, -0.2) is 11.7 Å². The van der Waals surface area contributed by atoms with Crippen LogP contribution in [0, 0.1) is 18.3 Å². The number of aryl methyl sites for hydroxylation is 1. The number of nitriles is 1. The average Bonchev–Trinajstić information content (AvgIpc) is 3.68. The van der Waals surface area contributed by atoms with E-state index in [2.05, 4.69) is 122 Å². The highest BCUT2D eigenvalue weighted by Crippen LogP contribution is 2.45. The van der Waals surface area contributed by atoms with Crippen LogP contribution in [0.1, 0.15) is 53.0 Å². The Kier molecular flexibility index (Phi) is 11.8. The molecule has 2 aliphatic carbocycles. The molecule has 5 heteroatoms. The molecule has 0 amide bonds. The molecule has 7 aromatic rings. The second-order valence-electron chi connectivity index (χ2n) is 14.6. The number of benzene rings is 6. The monoisotopic (exact) mass is 768 g/mol. The van der Waals surface area contributed by atoms with Gasteiger partial charge >= 0.3 is 0 Å². The third-order valence-corrected chi connectivity index (χ3v) is 11.8. The van der Waals surface area contributed by atoms with E-state index in [9.17, 15) is 5.26 Å². The van der Waals surface area contributed by atoms with Crippen molar-refractivity contribution in [1.82, 2.24) is 0 Å². The summed E-state index contributed by atoms with van der Waals surface area (Å²) in [5.74, 6) is 1.34. The van der Waals surface area contributed by atoms with Gasteiger partial charge in [0.05, 0.1) is 12.6 Å². The van der Waals surface area contributed by atoms with E-state index in [1.54, 1.807) is 0 Å². The van der Waals surface area contributed by atoms with Gasteiger partial charge in [-0.05, 0) is 89.4 Å². The fraction of sp³-hybridized carbons (Fsp3) is 0.113. The van der Waals surface area contributed by atoms with Crippen LogP contribution in [-0.2, 0) is 6.54 Å². The number of nitrogens with two attached hydrogens (primary N) is 1. The molecule has 1 heterocycles. The first-order valence-corrected chi connectivity index (χ1v) is 20.6. The van der Waals surface area contributed by atoms with Crippen molar-refractivity contribution in [1.29, 1.82) is 5.26 Å². The maximum atomic E-state index is 9.45. The Bertz CT molecular complexity index is 2780. The minimum Gasteiger partial charge on any atom is -0.383 e. The molecule has 0 fully saturated rings. The molecule has 58 heavy (non-hydrogen) atoms. The second kappa shape index (κ2) is 17.9. The van der Waals surface area contributed by atoms with Crippen LogP contribution in [0.15, 0.2) is 203 Å². The third-order valence-electron chi connectivity index (χ3n) is 10.6. The fourth-order valence-corrected chi connectivity index (χ4v) is 8.80. The maximum absolute atomic E-state index is 9.45. The quantitative estimate of drug-likeness (QED) is 0.129. The van der Waals surface area contributed by atoms with Gasteiger partial charge in [0.15, 0.2) is 5.84 Å². The van der Waals surface area contributed by atoms with Gasteiger partial charge in [-0.3, -0.25) is 4.99 Å². The molecule has 0 saturated heterocycles. The molecule has 2 N–H and O–H groups in total. The molecular weight excluding hydrogens is 725 g/mol. The molecule has 1 atom stereocenters. The summed E-state index contributed by atoms with van der Waals surface area (Å²) in [5, 5.41) is 12.0. The van der Waals surface area contributed by atoms with E-state index in [1.807, 2.05) is 84.1 Å². The highest BCUT2D eigenvalue weighted by atomic mass is 32.1. The van der Waals surface area contributed by atoms with Crippen LogP contribution < -0.4 is 5.73 Å². The van der Waals surface area contributed by atoms with Gasteiger partial charge in [0.2, 0.25) is 0 Å². The van der Waals surface area contributed by atoms with Gasteiger partial charge in [0, 0.05) is 37.2 Å². The zero-order valence-electron chi connectivity index (χ0n) is 32.6. The fourth-order valence-electron chi connectivity index (χ4n) is 7.52. The standard InChI is InChI=1S/C46H36N4S.C7H8/c47-29-31-19-21-34(22-20-31)40-25-24-39(43-41-28-36(33-13-6-2-7-14-33)23-26-42(41)51-44(40)43)37-17-10-18-38(27-37)45(48)50-46(35-15-8-3-9-16-35)49-30-32-11-4-1-5-12-32;1-7-5-3-2-4-6-7/h1-9,11-17,19-21,23-28,34H,10,18,22,30H2,(H2,48,49,50);2-6H,1H3. The minimum absolute atomic E-state index is 0.209. The molecule has 6 aromatic carbocycles. The number of rotatable bonds is 7. The predicted molar refractivity (Wildman–Crippen MR) is 246 cm³/mol. The Hall–Kier alpha value is -6.87. The lowest BCUT2D eigenvalue weighted by atomic mass is 9.86. The number of nitrogens with zero attached hydrogens (tertiary/aromatic N) is 3. The first-order chi connectivity index (χ1) is 28.5. The highest BCUT2D eigenvalue weighted by molar-refractivity contribution is 7.26. The van der Waals surface area contributed by atoms with Crippen molar-refractivity contribution in [2.45, 2.75) is 38.6 Å². The van der Waals surface area contributed by atoms with Crippen molar-refractivity contribution in [3.05, 3.63) is 221 Å². The number of allylic oxidation sites excluding steroid dienone is 7. The van der Waals surface area contributed by atoms with Gasteiger partial charge < -0.3 is 5.73 Å². The van der Waals surface area contributed by atoms with Gasteiger partial charge in [-0.1, -0.05) is 163 Å². The lowest BCUT2D eigenvalue weighted by molar-refractivity contribution is 0.858. The summed E-state index contributed by atoms with van der Waals surface area (Å²) in [7, 11) is 0. The maximum Gasteiger partial charge on any atom is 0.157 e. The second-order valence-corrected chi connectivity index (χ2v) is 15.6. The van der Waals surface area contributed by atoms with E-state index in [0.717, 1.165) is 47.1 Å². The first-order valence-electron chi connectivity index (χ1n) is 19.8. The number of fused-ring (bicyclic) bond motifs is 3. The van der Waals surface area contributed by atoms with E-state index < -0.39 is 0 Å². The Balaban J connectivity index is 0.000000608. The van der Waals surface area contributed by atoms with Gasteiger partial charge in [0.1, 0.15) is 5.84 Å². The van der Waals surface area contributed by atoms with Gasteiger partial charge in [0.25, 0.3) is 0 Å². The van der Waals surface area contributed by atoms with Crippen LogP contribution in [0.2, 0.25) is 0 Å². The van der Waals surface area contributed by atoms with Crippen molar-refractivity contribution >= 4 is 48.8 Å². The van der Waals surface area contributed by atoms with Crippen LogP contribution in [0.5, 0.6) is 0 Å². The van der Waals surface area contributed by atoms with Crippen LogP contribution in [0.3, 0.4) is 0 Å². The summed E-state index contributed by atoms with van der Waals surface area (Å²) in [6.45, 7) is 2.61. The summed E-state index contributed by atoms with van der Waals surface area (Å²) in [4.78, 5) is 9.89. The van der Waals surface area contributed by atoms with E-state index in [0.29, 0.717) is 18.2 Å². The van der Waals surface area contributed by atoms with Crippen molar-refractivity contribution in [3.8, 4) is 17.2 Å². The van der Waals surface area contributed by atoms with Crippen LogP contribution in [0.25, 0.3) is 36.9 Å². The molecule has 0 aliphatic heterocycles. The van der Waals surface area contributed by atoms with E-state index >= 15 is 0 Å². The molecule has 0 spiro atoms. The van der Waals surface area contributed by atoms with Crippen LogP contribution >= 0.6 is 11.3 Å². The first kappa shape index (κ1) is 38.0. The largest absolute Gasteiger partial charge is 0.383 e. The molecule has 1 unspecified atom stereocenters. The Morgan fingerprint density at radius 3 is 2.17 bits per heavy atom. The SMILES string of the molecule is Cc1ccccc1.N#CC1=CCC(c2ccc(C3=CCCC(C(N)=NC(=NCc4ccccc4)c4ccccc4)=C3)c3c2sc2ccc(-c4ccccc4)cc23)C=C1. The number of hydrogen-bond donors (Lipinski definition) is 1. The summed E-state index contributed by atoms with van der Waals surface area (Å²) in [6, 6.07) is 54.8. The molecule has 4 nitrogen and oxygen atoms in total. The van der Waals surface area contributed by atoms with E-state index in [-0.39, 0.29) is 5.92 Å². The number of hydrogen-bond acceptors (Lipinski definition) is 3. The van der Waals surface area contributed by atoms with Crippen molar-refractivity contribution in [3.63, 3.8) is 0 Å². The van der Waals surface area contributed by atoms with Crippen LogP contribution in [0.4, 0.5) is 0 Å². The lowest BCUT2D eigenvalue weighted by Crippen LogP contribution is -2.19.